The van der Waals surface area contributed by atoms with Crippen LogP contribution in [0.3, 0.4) is 0 Å². The average molecular weight is 320 g/mol. The smallest absolute Gasteiger partial charge is 0.282 e. The fourth-order valence-corrected chi connectivity index (χ4v) is 2.89. The highest BCUT2D eigenvalue weighted by Gasteiger charge is 2.30. The molecule has 1 aliphatic heterocycles. The van der Waals surface area contributed by atoms with Gasteiger partial charge in [0.25, 0.3) is 5.91 Å². The van der Waals surface area contributed by atoms with Gasteiger partial charge >= 0.3 is 0 Å². The summed E-state index contributed by atoms with van der Waals surface area (Å²) in [4.78, 5) is 26.9. The number of quaternary nitrogens is 1. The summed E-state index contributed by atoms with van der Waals surface area (Å²) in [5, 5.41) is 2.97. The number of hydrogen-bond acceptors (Lipinski definition) is 3. The first-order valence-corrected chi connectivity index (χ1v) is 7.98. The predicted octanol–water partition coefficient (Wildman–Crippen LogP) is 0.0776. The van der Waals surface area contributed by atoms with Crippen LogP contribution < -0.4 is 15.0 Å². The normalized spacial score (nSPS) is 16.8. The van der Waals surface area contributed by atoms with Crippen molar-refractivity contribution in [3.05, 3.63) is 23.8 Å². The van der Waals surface area contributed by atoms with E-state index < -0.39 is 0 Å². The standard InChI is InChI=1S/C17H25N3O3/c1-12-5-6-16(23-4)15(11-12)18-17(22)13(2)19-7-9-20(10-8-19)14(3)21/h5-6,11,13H,7-10H2,1-4H3,(H,18,22)/p+1/t13-/m1/s1. The Labute approximate surface area is 137 Å². The van der Waals surface area contributed by atoms with Crippen LogP contribution in [0, 0.1) is 6.92 Å². The summed E-state index contributed by atoms with van der Waals surface area (Å²) in [5.74, 6) is 0.735. The number of hydrogen-bond donors (Lipinski definition) is 2. The highest BCUT2D eigenvalue weighted by molar-refractivity contribution is 5.95. The van der Waals surface area contributed by atoms with Gasteiger partial charge in [0, 0.05) is 6.92 Å². The summed E-state index contributed by atoms with van der Waals surface area (Å²) >= 11 is 0. The molecule has 126 valence electrons. The zero-order valence-corrected chi connectivity index (χ0v) is 14.3. The number of amides is 2. The van der Waals surface area contributed by atoms with E-state index in [1.807, 2.05) is 36.9 Å². The molecule has 2 N–H and O–H groups in total. The van der Waals surface area contributed by atoms with Crippen LogP contribution in [-0.2, 0) is 9.59 Å². The van der Waals surface area contributed by atoms with E-state index in [1.54, 1.807) is 14.0 Å². The van der Waals surface area contributed by atoms with Gasteiger partial charge in [0.15, 0.2) is 6.04 Å². The van der Waals surface area contributed by atoms with Gasteiger partial charge in [-0.3, -0.25) is 9.59 Å². The lowest BCUT2D eigenvalue weighted by molar-refractivity contribution is -0.917. The van der Waals surface area contributed by atoms with Crippen molar-refractivity contribution in [1.29, 1.82) is 0 Å². The molecule has 0 saturated carbocycles. The molecule has 0 radical (unpaired) electrons. The third kappa shape index (κ3) is 4.22. The quantitative estimate of drug-likeness (QED) is 0.826. The number of piperazine rings is 1. The molecule has 1 saturated heterocycles. The van der Waals surface area contributed by atoms with Crippen LogP contribution in [0.5, 0.6) is 5.75 Å². The highest BCUT2D eigenvalue weighted by atomic mass is 16.5. The van der Waals surface area contributed by atoms with Gasteiger partial charge in [-0.25, -0.2) is 0 Å². The van der Waals surface area contributed by atoms with Crippen LogP contribution in [0.2, 0.25) is 0 Å². The van der Waals surface area contributed by atoms with Crippen LogP contribution in [-0.4, -0.2) is 56.0 Å². The minimum Gasteiger partial charge on any atom is -0.495 e. The molecule has 1 aromatic carbocycles. The van der Waals surface area contributed by atoms with Crippen molar-refractivity contribution in [2.24, 2.45) is 0 Å². The summed E-state index contributed by atoms with van der Waals surface area (Å²) in [6.45, 7) is 8.48. The number of aryl methyl sites for hydroxylation is 1. The van der Waals surface area contributed by atoms with E-state index in [2.05, 4.69) is 5.32 Å². The maximum atomic E-state index is 12.5. The van der Waals surface area contributed by atoms with Gasteiger partial charge in [-0.15, -0.1) is 0 Å². The maximum Gasteiger partial charge on any atom is 0.282 e. The lowest BCUT2D eigenvalue weighted by Gasteiger charge is -2.34. The number of carbonyl (C=O) groups is 2. The molecular weight excluding hydrogens is 294 g/mol. The lowest BCUT2D eigenvalue weighted by atomic mass is 10.1. The summed E-state index contributed by atoms with van der Waals surface area (Å²) in [6, 6.07) is 5.54. The lowest BCUT2D eigenvalue weighted by Crippen LogP contribution is -3.19. The van der Waals surface area contributed by atoms with E-state index in [0.29, 0.717) is 24.5 Å². The van der Waals surface area contributed by atoms with Crippen molar-refractivity contribution >= 4 is 17.5 Å². The topological polar surface area (TPSA) is 63.1 Å². The summed E-state index contributed by atoms with van der Waals surface area (Å²) < 4.78 is 5.30. The van der Waals surface area contributed by atoms with Crippen molar-refractivity contribution in [2.75, 3.05) is 38.6 Å². The van der Waals surface area contributed by atoms with Gasteiger partial charge < -0.3 is 19.9 Å². The Morgan fingerprint density at radius 2 is 1.96 bits per heavy atom. The molecule has 0 unspecified atom stereocenters. The van der Waals surface area contributed by atoms with Gasteiger partial charge in [0.2, 0.25) is 5.91 Å². The minimum absolute atomic E-state index is 0.0276. The molecule has 1 aliphatic rings. The van der Waals surface area contributed by atoms with Gasteiger partial charge in [-0.2, -0.15) is 0 Å². The molecule has 2 amide bonds. The van der Waals surface area contributed by atoms with E-state index in [1.165, 1.54) is 4.90 Å². The van der Waals surface area contributed by atoms with Crippen LogP contribution in [0.25, 0.3) is 0 Å². The Kier molecular flexibility index (Phi) is 5.60. The summed E-state index contributed by atoms with van der Waals surface area (Å²) in [7, 11) is 1.59. The monoisotopic (exact) mass is 320 g/mol. The Balaban J connectivity index is 1.98. The number of rotatable bonds is 4. The SMILES string of the molecule is COc1ccc(C)cc1NC(=O)[C@@H](C)[NH+]1CCN(C(C)=O)CC1. The van der Waals surface area contributed by atoms with E-state index in [9.17, 15) is 9.59 Å². The molecule has 6 heteroatoms. The van der Waals surface area contributed by atoms with E-state index in [-0.39, 0.29) is 17.9 Å². The second-order valence-electron chi connectivity index (χ2n) is 6.08. The first kappa shape index (κ1) is 17.3. The number of benzene rings is 1. The predicted molar refractivity (Wildman–Crippen MR) is 88.8 cm³/mol. The molecule has 1 aromatic rings. The molecule has 2 rings (SSSR count). The molecule has 23 heavy (non-hydrogen) atoms. The van der Waals surface area contributed by atoms with Crippen molar-refractivity contribution < 1.29 is 19.2 Å². The molecule has 0 bridgehead atoms. The summed E-state index contributed by atoms with van der Waals surface area (Å²) in [5.41, 5.74) is 1.77. The minimum atomic E-state index is -0.172. The molecule has 0 aromatic heterocycles. The maximum absolute atomic E-state index is 12.5. The number of carbonyl (C=O) groups excluding carboxylic acids is 2. The average Bonchev–Trinajstić information content (AvgIpc) is 2.54. The first-order valence-electron chi connectivity index (χ1n) is 7.98. The third-order valence-corrected chi connectivity index (χ3v) is 4.47. The van der Waals surface area contributed by atoms with Crippen LogP contribution >= 0.6 is 0 Å². The molecule has 0 spiro atoms. The zero-order valence-electron chi connectivity index (χ0n) is 14.3. The molecule has 1 atom stereocenters. The van der Waals surface area contributed by atoms with Crippen LogP contribution in [0.1, 0.15) is 19.4 Å². The van der Waals surface area contributed by atoms with Crippen molar-refractivity contribution in [2.45, 2.75) is 26.8 Å². The fraction of sp³-hybridized carbons (Fsp3) is 0.529. The van der Waals surface area contributed by atoms with Crippen molar-refractivity contribution in [3.63, 3.8) is 0 Å². The second kappa shape index (κ2) is 7.46. The molecule has 0 aliphatic carbocycles. The van der Waals surface area contributed by atoms with Crippen LogP contribution in [0.15, 0.2) is 18.2 Å². The van der Waals surface area contributed by atoms with Crippen molar-refractivity contribution in [1.82, 2.24) is 4.90 Å². The Hall–Kier alpha value is -2.08. The number of anilines is 1. The molecular formula is C17H26N3O3+. The van der Waals surface area contributed by atoms with Gasteiger partial charge in [-0.05, 0) is 31.5 Å². The van der Waals surface area contributed by atoms with Gasteiger partial charge in [0.1, 0.15) is 5.75 Å². The zero-order chi connectivity index (χ0) is 17.0. The fourth-order valence-electron chi connectivity index (χ4n) is 2.89. The second-order valence-corrected chi connectivity index (χ2v) is 6.08. The van der Waals surface area contributed by atoms with Crippen molar-refractivity contribution in [3.8, 4) is 5.75 Å². The molecule has 6 nitrogen and oxygen atoms in total. The summed E-state index contributed by atoms with van der Waals surface area (Å²) in [6.07, 6.45) is 0. The Morgan fingerprint density at radius 1 is 1.30 bits per heavy atom. The van der Waals surface area contributed by atoms with Gasteiger partial charge in [-0.1, -0.05) is 6.07 Å². The third-order valence-electron chi connectivity index (χ3n) is 4.47. The number of methoxy groups -OCH3 is 1. The first-order chi connectivity index (χ1) is 10.9. The highest BCUT2D eigenvalue weighted by Crippen LogP contribution is 2.25. The number of nitrogens with one attached hydrogen (secondary N) is 2. The molecule has 1 fully saturated rings. The Morgan fingerprint density at radius 3 is 2.52 bits per heavy atom. The molecule has 1 heterocycles. The van der Waals surface area contributed by atoms with E-state index in [4.69, 9.17) is 4.74 Å². The van der Waals surface area contributed by atoms with E-state index in [0.717, 1.165) is 18.7 Å². The van der Waals surface area contributed by atoms with E-state index >= 15 is 0 Å². The van der Waals surface area contributed by atoms with Gasteiger partial charge in [0.05, 0.1) is 39.0 Å². The van der Waals surface area contributed by atoms with Crippen LogP contribution in [0.4, 0.5) is 5.69 Å². The number of nitrogens with zero attached hydrogens (tertiary/aromatic N) is 1. The largest absolute Gasteiger partial charge is 0.495 e. The Bertz CT molecular complexity index is 580. The number of ether oxygens (including phenoxy) is 1.